The van der Waals surface area contributed by atoms with Crippen molar-refractivity contribution in [2.75, 3.05) is 13.2 Å². The van der Waals surface area contributed by atoms with E-state index in [0.717, 1.165) is 25.7 Å². The van der Waals surface area contributed by atoms with Gasteiger partial charge >= 0.3 is 6.16 Å². The molecule has 0 aliphatic rings. The molecule has 0 amide bonds. The Kier molecular flexibility index (Phi) is 16.7. The number of rotatable bonds is 15. The maximum absolute atomic E-state index is 11.2. The van der Waals surface area contributed by atoms with Crippen LogP contribution in [-0.4, -0.2) is 19.4 Å². The molecular formula is C18H36O3. The van der Waals surface area contributed by atoms with Crippen LogP contribution in [0.2, 0.25) is 0 Å². The second-order valence-corrected chi connectivity index (χ2v) is 5.84. The molecule has 0 rings (SSSR count). The van der Waals surface area contributed by atoms with Gasteiger partial charge in [0, 0.05) is 0 Å². The van der Waals surface area contributed by atoms with E-state index in [9.17, 15) is 4.79 Å². The van der Waals surface area contributed by atoms with Crippen molar-refractivity contribution in [1.82, 2.24) is 0 Å². The number of carbonyl (C=O) groups is 1. The second-order valence-electron chi connectivity index (χ2n) is 5.84. The van der Waals surface area contributed by atoms with Gasteiger partial charge in [-0.05, 0) is 12.8 Å². The van der Waals surface area contributed by atoms with Crippen molar-refractivity contribution < 1.29 is 14.3 Å². The molecule has 3 heteroatoms. The van der Waals surface area contributed by atoms with E-state index in [1.54, 1.807) is 0 Å². The smallest absolute Gasteiger partial charge is 0.434 e. The maximum Gasteiger partial charge on any atom is 0.508 e. The summed E-state index contributed by atoms with van der Waals surface area (Å²) >= 11 is 0. The van der Waals surface area contributed by atoms with E-state index in [1.165, 1.54) is 57.8 Å². The molecule has 0 aliphatic carbocycles. The molecule has 126 valence electrons. The molecule has 0 unspecified atom stereocenters. The number of unbranched alkanes of at least 4 members (excludes halogenated alkanes) is 11. The first kappa shape index (κ1) is 20.3. The molecule has 0 atom stereocenters. The van der Waals surface area contributed by atoms with Crippen LogP contribution in [-0.2, 0) is 9.47 Å². The molecule has 0 aliphatic heterocycles. The Balaban J connectivity index is 3.06. The van der Waals surface area contributed by atoms with Gasteiger partial charge in [-0.1, -0.05) is 84.5 Å². The Bertz CT molecular complexity index is 217. The second kappa shape index (κ2) is 17.3. The molecule has 0 saturated heterocycles. The van der Waals surface area contributed by atoms with Crippen LogP contribution in [0, 0.1) is 0 Å². The average Bonchev–Trinajstić information content (AvgIpc) is 2.48. The molecule has 0 aromatic carbocycles. The monoisotopic (exact) mass is 300 g/mol. The molecule has 0 heterocycles. The first-order chi connectivity index (χ1) is 10.3. The SMILES string of the molecule is CCCCCCCCCCCCCOC(=O)OCCCC. The van der Waals surface area contributed by atoms with Crippen molar-refractivity contribution in [2.45, 2.75) is 97.3 Å². The van der Waals surface area contributed by atoms with E-state index >= 15 is 0 Å². The summed E-state index contributed by atoms with van der Waals surface area (Å²) in [6.45, 7) is 5.31. The minimum atomic E-state index is -0.504. The van der Waals surface area contributed by atoms with Crippen LogP contribution in [0.3, 0.4) is 0 Å². The highest BCUT2D eigenvalue weighted by Crippen LogP contribution is 2.11. The van der Waals surface area contributed by atoms with Crippen molar-refractivity contribution >= 4 is 6.16 Å². The van der Waals surface area contributed by atoms with Crippen LogP contribution in [0.4, 0.5) is 4.79 Å². The van der Waals surface area contributed by atoms with Crippen LogP contribution in [0.5, 0.6) is 0 Å². The molecule has 0 saturated carbocycles. The zero-order valence-electron chi connectivity index (χ0n) is 14.3. The third kappa shape index (κ3) is 17.2. The minimum absolute atomic E-state index is 0.480. The lowest BCUT2D eigenvalue weighted by Crippen LogP contribution is -2.09. The fourth-order valence-corrected chi connectivity index (χ4v) is 2.26. The van der Waals surface area contributed by atoms with Crippen molar-refractivity contribution in [3.8, 4) is 0 Å². The van der Waals surface area contributed by atoms with Crippen LogP contribution in [0.15, 0.2) is 0 Å². The van der Waals surface area contributed by atoms with Gasteiger partial charge in [-0.2, -0.15) is 0 Å². The summed E-state index contributed by atoms with van der Waals surface area (Å²) in [5, 5.41) is 0. The van der Waals surface area contributed by atoms with E-state index < -0.39 is 6.16 Å². The van der Waals surface area contributed by atoms with E-state index in [4.69, 9.17) is 9.47 Å². The predicted molar refractivity (Wildman–Crippen MR) is 88.7 cm³/mol. The molecule has 0 aromatic heterocycles. The van der Waals surface area contributed by atoms with Gasteiger partial charge in [-0.25, -0.2) is 4.79 Å². The number of hydrogen-bond donors (Lipinski definition) is 0. The summed E-state index contributed by atoms with van der Waals surface area (Å²) in [6.07, 6.45) is 15.8. The molecule has 3 nitrogen and oxygen atoms in total. The molecule has 21 heavy (non-hydrogen) atoms. The third-order valence-corrected chi connectivity index (χ3v) is 3.69. The minimum Gasteiger partial charge on any atom is -0.434 e. The Morgan fingerprint density at radius 2 is 0.952 bits per heavy atom. The summed E-state index contributed by atoms with van der Waals surface area (Å²) in [7, 11) is 0. The van der Waals surface area contributed by atoms with Gasteiger partial charge < -0.3 is 9.47 Å². The van der Waals surface area contributed by atoms with E-state index in [0.29, 0.717) is 13.2 Å². The molecule has 0 radical (unpaired) electrons. The molecule has 0 spiro atoms. The third-order valence-electron chi connectivity index (χ3n) is 3.69. The maximum atomic E-state index is 11.2. The predicted octanol–water partition coefficient (Wildman–Crippen LogP) is 6.25. The topological polar surface area (TPSA) is 35.5 Å². The standard InChI is InChI=1S/C18H36O3/c1-3-5-7-8-9-10-11-12-13-14-15-17-21-18(19)20-16-6-4-2/h3-17H2,1-2H3. The quantitative estimate of drug-likeness (QED) is 0.265. The average molecular weight is 300 g/mol. The lowest BCUT2D eigenvalue weighted by atomic mass is 10.1. The van der Waals surface area contributed by atoms with Crippen molar-refractivity contribution in [3.05, 3.63) is 0 Å². The summed E-state index contributed by atoms with van der Waals surface area (Å²) in [5.41, 5.74) is 0. The molecule has 0 fully saturated rings. The van der Waals surface area contributed by atoms with Gasteiger partial charge in [0.05, 0.1) is 13.2 Å². The molecular weight excluding hydrogens is 264 g/mol. The van der Waals surface area contributed by atoms with Crippen molar-refractivity contribution in [3.63, 3.8) is 0 Å². The Morgan fingerprint density at radius 1 is 0.571 bits per heavy atom. The van der Waals surface area contributed by atoms with Gasteiger partial charge in [0.15, 0.2) is 0 Å². The fourth-order valence-electron chi connectivity index (χ4n) is 2.26. The summed E-state index contributed by atoms with van der Waals surface area (Å²) < 4.78 is 9.93. The summed E-state index contributed by atoms with van der Waals surface area (Å²) in [4.78, 5) is 11.2. The fraction of sp³-hybridized carbons (Fsp3) is 0.944. The highest BCUT2D eigenvalue weighted by Gasteiger charge is 2.02. The number of ether oxygens (including phenoxy) is 2. The van der Waals surface area contributed by atoms with Gasteiger partial charge in [0.25, 0.3) is 0 Å². The summed E-state index contributed by atoms with van der Waals surface area (Å²) in [6, 6.07) is 0. The van der Waals surface area contributed by atoms with Gasteiger partial charge in [-0.3, -0.25) is 0 Å². The Labute approximate surface area is 131 Å². The van der Waals surface area contributed by atoms with E-state index in [2.05, 4.69) is 13.8 Å². The number of hydrogen-bond acceptors (Lipinski definition) is 3. The van der Waals surface area contributed by atoms with Crippen molar-refractivity contribution in [2.24, 2.45) is 0 Å². The van der Waals surface area contributed by atoms with Gasteiger partial charge in [-0.15, -0.1) is 0 Å². The van der Waals surface area contributed by atoms with Crippen molar-refractivity contribution in [1.29, 1.82) is 0 Å². The zero-order valence-corrected chi connectivity index (χ0v) is 14.3. The highest BCUT2D eigenvalue weighted by molar-refractivity contribution is 5.59. The largest absolute Gasteiger partial charge is 0.508 e. The lowest BCUT2D eigenvalue weighted by molar-refractivity contribution is 0.0532. The molecule has 0 bridgehead atoms. The van der Waals surface area contributed by atoms with Crippen LogP contribution < -0.4 is 0 Å². The van der Waals surface area contributed by atoms with Gasteiger partial charge in [0.1, 0.15) is 0 Å². The summed E-state index contributed by atoms with van der Waals surface area (Å²) in [5.74, 6) is 0. The van der Waals surface area contributed by atoms with E-state index in [-0.39, 0.29) is 0 Å². The zero-order chi connectivity index (χ0) is 15.6. The lowest BCUT2D eigenvalue weighted by Gasteiger charge is -2.05. The first-order valence-electron chi connectivity index (χ1n) is 9.10. The van der Waals surface area contributed by atoms with Crippen LogP contribution in [0.1, 0.15) is 97.3 Å². The highest BCUT2D eigenvalue weighted by atomic mass is 16.7. The number of carbonyl (C=O) groups excluding carboxylic acids is 1. The van der Waals surface area contributed by atoms with E-state index in [1.807, 2.05) is 0 Å². The Morgan fingerprint density at radius 3 is 1.43 bits per heavy atom. The normalized spacial score (nSPS) is 10.6. The van der Waals surface area contributed by atoms with Crippen LogP contribution in [0.25, 0.3) is 0 Å². The first-order valence-corrected chi connectivity index (χ1v) is 9.10. The van der Waals surface area contributed by atoms with Gasteiger partial charge in [0.2, 0.25) is 0 Å². The molecule has 0 N–H and O–H groups in total. The Hall–Kier alpha value is -0.730. The van der Waals surface area contributed by atoms with Crippen LogP contribution >= 0.6 is 0 Å². The molecule has 0 aromatic rings.